The summed E-state index contributed by atoms with van der Waals surface area (Å²) in [6.07, 6.45) is 16.1. The maximum absolute atomic E-state index is 2.58. The van der Waals surface area contributed by atoms with Crippen molar-refractivity contribution in [2.45, 2.75) is 38.0 Å². The van der Waals surface area contributed by atoms with E-state index >= 15 is 0 Å². The number of fused-ring (bicyclic) bond motifs is 10. The van der Waals surface area contributed by atoms with Crippen molar-refractivity contribution < 1.29 is 0 Å². The molecule has 0 N–H and O–H groups in total. The number of hydrogen-bond acceptors (Lipinski definition) is 0. The van der Waals surface area contributed by atoms with Crippen LogP contribution in [0.3, 0.4) is 0 Å². The molecule has 3 aliphatic carbocycles. The van der Waals surface area contributed by atoms with Gasteiger partial charge in [0.1, 0.15) is 0 Å². The summed E-state index contributed by atoms with van der Waals surface area (Å²) < 4.78 is 2.48. The maximum atomic E-state index is 2.58. The summed E-state index contributed by atoms with van der Waals surface area (Å²) in [4.78, 5) is 0. The molecule has 0 saturated heterocycles. The zero-order chi connectivity index (χ0) is 38.5. The van der Waals surface area contributed by atoms with Crippen molar-refractivity contribution in [2.24, 2.45) is 5.92 Å². The first-order valence-corrected chi connectivity index (χ1v) is 20.9. The number of aromatic nitrogens is 1. The van der Waals surface area contributed by atoms with Crippen molar-refractivity contribution in [3.8, 4) is 39.1 Å². The van der Waals surface area contributed by atoms with Crippen LogP contribution in [0.5, 0.6) is 0 Å². The van der Waals surface area contributed by atoms with E-state index in [0.29, 0.717) is 11.8 Å². The monoisotopic (exact) mass is 741 g/mol. The van der Waals surface area contributed by atoms with Crippen molar-refractivity contribution in [1.29, 1.82) is 0 Å². The molecule has 276 valence electrons. The van der Waals surface area contributed by atoms with E-state index in [4.69, 9.17) is 0 Å². The van der Waals surface area contributed by atoms with Crippen LogP contribution in [0.4, 0.5) is 0 Å². The molecule has 3 aliphatic rings. The Labute approximate surface area is 339 Å². The number of para-hydroxylation sites is 1. The molecule has 0 bridgehead atoms. The number of allylic oxidation sites excluding steroid dienone is 5. The highest BCUT2D eigenvalue weighted by atomic mass is 15.0. The van der Waals surface area contributed by atoms with Crippen LogP contribution in [0.25, 0.3) is 88.4 Å². The first kappa shape index (κ1) is 33.4. The van der Waals surface area contributed by atoms with Gasteiger partial charge in [-0.25, -0.2) is 0 Å². The van der Waals surface area contributed by atoms with E-state index in [-0.39, 0.29) is 5.41 Å². The molecular formula is C57H43N. The molecule has 2 unspecified atom stereocenters. The Balaban J connectivity index is 1.12. The molecule has 1 aromatic heterocycles. The Hall–Kier alpha value is -6.70. The van der Waals surface area contributed by atoms with Gasteiger partial charge in [-0.2, -0.15) is 0 Å². The van der Waals surface area contributed by atoms with Crippen LogP contribution in [0, 0.1) is 5.92 Å². The summed E-state index contributed by atoms with van der Waals surface area (Å²) in [6.45, 7) is 4.91. The third-order valence-corrected chi connectivity index (χ3v) is 13.7. The highest BCUT2D eigenvalue weighted by molar-refractivity contribution is 6.24. The van der Waals surface area contributed by atoms with Crippen LogP contribution in [0.15, 0.2) is 182 Å². The second-order valence-electron chi connectivity index (χ2n) is 17.1. The van der Waals surface area contributed by atoms with Gasteiger partial charge in [-0.3, -0.25) is 0 Å². The van der Waals surface area contributed by atoms with Crippen molar-refractivity contribution in [2.75, 3.05) is 0 Å². The standard InChI is InChI=1S/C57H43N/c1-57(2)50-25-13-10-24-47(50)56-43-21-7-6-18-40(43)49(35-51(56)57)55-45-23-9-8-22-44(45)54(37-16-4-3-5-17-37)46-33-30-38(34-48(46)55)36-28-31-39(32-29-36)58-52-26-14-11-19-41(52)42-20-12-15-27-53(42)58/h3-14,16-26,28-35,47,50H,15,27H2,1-2H3. The van der Waals surface area contributed by atoms with Gasteiger partial charge in [-0.1, -0.05) is 172 Å². The van der Waals surface area contributed by atoms with Crippen LogP contribution < -0.4 is 0 Å². The molecule has 1 heterocycles. The van der Waals surface area contributed by atoms with E-state index < -0.39 is 0 Å². The first-order chi connectivity index (χ1) is 28.6. The van der Waals surface area contributed by atoms with E-state index in [1.807, 2.05) is 0 Å². The van der Waals surface area contributed by atoms with Gasteiger partial charge in [0.25, 0.3) is 0 Å². The van der Waals surface area contributed by atoms with Gasteiger partial charge in [0.2, 0.25) is 0 Å². The topological polar surface area (TPSA) is 4.93 Å². The lowest BCUT2D eigenvalue weighted by Gasteiger charge is -2.29. The molecular weight excluding hydrogens is 699 g/mol. The molecule has 0 amide bonds. The van der Waals surface area contributed by atoms with E-state index in [0.717, 1.165) is 12.8 Å². The summed E-state index contributed by atoms with van der Waals surface area (Å²) in [7, 11) is 0. The lowest BCUT2D eigenvalue weighted by Crippen LogP contribution is -2.24. The number of nitrogens with zero attached hydrogens (tertiary/aromatic N) is 1. The summed E-state index contributed by atoms with van der Waals surface area (Å²) >= 11 is 0. The largest absolute Gasteiger partial charge is 0.313 e. The fraction of sp³-hybridized carbons (Fsp3) is 0.123. The Morgan fingerprint density at radius 1 is 0.534 bits per heavy atom. The third kappa shape index (κ3) is 4.77. The molecule has 0 saturated carbocycles. The predicted molar refractivity (Wildman–Crippen MR) is 247 cm³/mol. The van der Waals surface area contributed by atoms with Gasteiger partial charge in [-0.05, 0) is 131 Å². The van der Waals surface area contributed by atoms with Gasteiger partial charge in [0, 0.05) is 28.2 Å². The third-order valence-electron chi connectivity index (χ3n) is 13.7. The molecule has 0 fully saturated rings. The average molecular weight is 742 g/mol. The summed E-state index contributed by atoms with van der Waals surface area (Å²) in [5.74, 6) is 0.810. The zero-order valence-electron chi connectivity index (χ0n) is 32.9. The molecule has 2 atom stereocenters. The fourth-order valence-corrected chi connectivity index (χ4v) is 11.1. The van der Waals surface area contributed by atoms with Crippen molar-refractivity contribution in [3.05, 3.63) is 204 Å². The quantitative estimate of drug-likeness (QED) is 0.158. The molecule has 9 aromatic rings. The molecule has 8 aromatic carbocycles. The van der Waals surface area contributed by atoms with Gasteiger partial charge in [-0.15, -0.1) is 0 Å². The Bertz CT molecular complexity index is 3240. The van der Waals surface area contributed by atoms with E-state index in [9.17, 15) is 0 Å². The zero-order valence-corrected chi connectivity index (χ0v) is 32.9. The lowest BCUT2D eigenvalue weighted by atomic mass is 9.74. The van der Waals surface area contributed by atoms with Gasteiger partial charge in [0.05, 0.1) is 5.52 Å². The fourth-order valence-electron chi connectivity index (χ4n) is 11.1. The molecule has 0 radical (unpaired) electrons. The van der Waals surface area contributed by atoms with Crippen LogP contribution in [-0.2, 0) is 11.8 Å². The molecule has 0 aliphatic heterocycles. The van der Waals surface area contributed by atoms with E-state index in [1.165, 1.54) is 105 Å². The summed E-state index contributed by atoms with van der Waals surface area (Å²) in [5, 5.41) is 9.17. The summed E-state index contributed by atoms with van der Waals surface area (Å²) in [5.41, 5.74) is 15.8. The minimum absolute atomic E-state index is 0.0108. The van der Waals surface area contributed by atoms with Crippen LogP contribution in [0.2, 0.25) is 0 Å². The molecule has 0 spiro atoms. The summed E-state index contributed by atoms with van der Waals surface area (Å²) in [6, 6.07) is 57.2. The second-order valence-corrected chi connectivity index (χ2v) is 17.1. The minimum Gasteiger partial charge on any atom is -0.313 e. The molecule has 1 heteroatoms. The van der Waals surface area contributed by atoms with Gasteiger partial charge >= 0.3 is 0 Å². The van der Waals surface area contributed by atoms with Crippen LogP contribution in [0.1, 0.15) is 48.6 Å². The van der Waals surface area contributed by atoms with Crippen LogP contribution >= 0.6 is 0 Å². The maximum Gasteiger partial charge on any atom is 0.0537 e. The number of rotatable bonds is 4. The lowest BCUT2D eigenvalue weighted by molar-refractivity contribution is 0.394. The molecule has 58 heavy (non-hydrogen) atoms. The normalized spacial score (nSPS) is 17.6. The van der Waals surface area contributed by atoms with Gasteiger partial charge < -0.3 is 4.57 Å². The van der Waals surface area contributed by atoms with Crippen LogP contribution in [-0.4, -0.2) is 4.57 Å². The van der Waals surface area contributed by atoms with Crippen molar-refractivity contribution in [3.63, 3.8) is 0 Å². The molecule has 12 rings (SSSR count). The Morgan fingerprint density at radius 2 is 1.19 bits per heavy atom. The number of benzene rings is 8. The van der Waals surface area contributed by atoms with E-state index in [1.54, 1.807) is 0 Å². The highest BCUT2D eigenvalue weighted by Gasteiger charge is 2.45. The molecule has 1 nitrogen and oxygen atoms in total. The first-order valence-electron chi connectivity index (χ1n) is 20.9. The second kappa shape index (κ2) is 12.7. The average Bonchev–Trinajstić information content (AvgIpc) is 3.74. The minimum atomic E-state index is -0.0108. The van der Waals surface area contributed by atoms with Crippen molar-refractivity contribution >= 4 is 49.3 Å². The van der Waals surface area contributed by atoms with Crippen molar-refractivity contribution in [1.82, 2.24) is 4.57 Å². The highest BCUT2D eigenvalue weighted by Crippen LogP contribution is 2.57. The number of hydrogen-bond donors (Lipinski definition) is 0. The SMILES string of the molecule is CC1(C)c2cc(-c3c4ccccc4c(-c4ccccc4)c4ccc(-c5ccc(-n6c7c(c8ccccc86)C=CCC7)cc5)cc34)c3ccccc3c2C2C=CC=CC21. The van der Waals surface area contributed by atoms with E-state index in [2.05, 4.69) is 207 Å². The smallest absolute Gasteiger partial charge is 0.0537 e. The Kier molecular flexibility index (Phi) is 7.29. The Morgan fingerprint density at radius 3 is 2.00 bits per heavy atom. The predicted octanol–water partition coefficient (Wildman–Crippen LogP) is 15.2. The van der Waals surface area contributed by atoms with Gasteiger partial charge in [0.15, 0.2) is 0 Å².